The molecular weight excluding hydrogens is 252 g/mol. The molecule has 2 N–H and O–H groups in total. The molecule has 0 saturated carbocycles. The van der Waals surface area contributed by atoms with E-state index >= 15 is 0 Å². The van der Waals surface area contributed by atoms with Gasteiger partial charge in [0.1, 0.15) is 17.8 Å². The number of para-hydroxylation sites is 1. The van der Waals surface area contributed by atoms with Gasteiger partial charge in [-0.15, -0.1) is 0 Å². The molecule has 0 saturated heterocycles. The Kier molecular flexibility index (Phi) is 4.30. The van der Waals surface area contributed by atoms with Crippen LogP contribution in [0.25, 0.3) is 0 Å². The van der Waals surface area contributed by atoms with Gasteiger partial charge in [-0.05, 0) is 32.4 Å². The molecule has 0 spiro atoms. The van der Waals surface area contributed by atoms with Crippen LogP contribution in [0.2, 0.25) is 0 Å². The van der Waals surface area contributed by atoms with Gasteiger partial charge in [0.05, 0.1) is 0 Å². The molecule has 0 bridgehead atoms. The number of nitrogens with zero attached hydrogens (tertiary/aromatic N) is 2. The smallest absolute Gasteiger partial charge is 0.270 e. The molecule has 2 aromatic rings. The zero-order valence-electron chi connectivity index (χ0n) is 11.8. The Morgan fingerprint density at radius 1 is 1.20 bits per heavy atom. The number of hydrogen-bond acceptors (Lipinski definition) is 4. The van der Waals surface area contributed by atoms with Gasteiger partial charge in [-0.3, -0.25) is 4.79 Å². The number of benzene rings is 1. The first-order chi connectivity index (χ1) is 9.56. The maximum atomic E-state index is 11.9. The van der Waals surface area contributed by atoms with Crippen molar-refractivity contribution in [3.8, 4) is 0 Å². The molecule has 0 radical (unpaired) electrons. The van der Waals surface area contributed by atoms with Crippen molar-refractivity contribution in [2.45, 2.75) is 26.8 Å². The zero-order valence-corrected chi connectivity index (χ0v) is 11.8. The molecule has 2 rings (SSSR count). The second-order valence-electron chi connectivity index (χ2n) is 4.86. The average molecular weight is 270 g/mol. The quantitative estimate of drug-likeness (QED) is 0.896. The van der Waals surface area contributed by atoms with E-state index in [0.717, 1.165) is 11.3 Å². The normalized spacial score (nSPS) is 10.4. The molecule has 104 valence electrons. The molecule has 5 nitrogen and oxygen atoms in total. The second-order valence-corrected chi connectivity index (χ2v) is 4.86. The van der Waals surface area contributed by atoms with Gasteiger partial charge in [0, 0.05) is 17.8 Å². The van der Waals surface area contributed by atoms with Crippen LogP contribution >= 0.6 is 0 Å². The molecule has 1 amide bonds. The van der Waals surface area contributed by atoms with Crippen LogP contribution in [0.5, 0.6) is 0 Å². The number of amides is 1. The fourth-order valence-electron chi connectivity index (χ4n) is 1.74. The lowest BCUT2D eigenvalue weighted by molar-refractivity contribution is 0.0938. The predicted molar refractivity (Wildman–Crippen MR) is 79.1 cm³/mol. The number of hydrogen-bond donors (Lipinski definition) is 2. The van der Waals surface area contributed by atoms with Crippen molar-refractivity contribution in [3.05, 3.63) is 47.9 Å². The van der Waals surface area contributed by atoms with Crippen molar-refractivity contribution in [2.75, 3.05) is 5.32 Å². The fourth-order valence-corrected chi connectivity index (χ4v) is 1.74. The molecule has 0 aliphatic rings. The standard InChI is InChI=1S/C15H18N4O/c1-10(2)18-15(20)13-8-14(17-9-16-13)19-12-7-5-4-6-11(12)3/h4-10H,1-3H3,(H,18,20)(H,16,17,19). The molecule has 0 aliphatic carbocycles. The number of anilines is 2. The highest BCUT2D eigenvalue weighted by Crippen LogP contribution is 2.18. The number of aromatic nitrogens is 2. The minimum absolute atomic E-state index is 0.0743. The predicted octanol–water partition coefficient (Wildman–Crippen LogP) is 2.67. The van der Waals surface area contributed by atoms with Crippen LogP contribution in [0, 0.1) is 6.92 Å². The summed E-state index contributed by atoms with van der Waals surface area (Å²) in [4.78, 5) is 20.0. The molecule has 0 aliphatic heterocycles. The summed E-state index contributed by atoms with van der Waals surface area (Å²) in [6, 6.07) is 9.61. The fraction of sp³-hybridized carbons (Fsp3) is 0.267. The monoisotopic (exact) mass is 270 g/mol. The van der Waals surface area contributed by atoms with Crippen molar-refractivity contribution in [1.82, 2.24) is 15.3 Å². The number of carbonyl (C=O) groups is 1. The Morgan fingerprint density at radius 2 is 1.95 bits per heavy atom. The highest BCUT2D eigenvalue weighted by atomic mass is 16.1. The minimum Gasteiger partial charge on any atom is -0.349 e. The van der Waals surface area contributed by atoms with E-state index in [1.54, 1.807) is 6.07 Å². The third kappa shape index (κ3) is 3.54. The van der Waals surface area contributed by atoms with Gasteiger partial charge in [-0.1, -0.05) is 18.2 Å². The maximum absolute atomic E-state index is 11.9. The van der Waals surface area contributed by atoms with Gasteiger partial charge in [-0.25, -0.2) is 9.97 Å². The third-order valence-electron chi connectivity index (χ3n) is 2.73. The maximum Gasteiger partial charge on any atom is 0.270 e. The Labute approximate surface area is 118 Å². The van der Waals surface area contributed by atoms with E-state index in [2.05, 4.69) is 20.6 Å². The minimum atomic E-state index is -0.199. The van der Waals surface area contributed by atoms with Crippen molar-refractivity contribution in [2.24, 2.45) is 0 Å². The molecule has 1 aromatic heterocycles. The molecule has 0 fully saturated rings. The van der Waals surface area contributed by atoms with Gasteiger partial charge in [0.25, 0.3) is 5.91 Å². The summed E-state index contributed by atoms with van der Waals surface area (Å²) >= 11 is 0. The van der Waals surface area contributed by atoms with Crippen LogP contribution in [0.1, 0.15) is 29.9 Å². The van der Waals surface area contributed by atoms with Crippen LogP contribution in [-0.2, 0) is 0 Å². The summed E-state index contributed by atoms with van der Waals surface area (Å²) in [6.07, 6.45) is 1.38. The highest BCUT2D eigenvalue weighted by molar-refractivity contribution is 5.93. The lowest BCUT2D eigenvalue weighted by Crippen LogP contribution is -2.30. The van der Waals surface area contributed by atoms with E-state index in [4.69, 9.17) is 0 Å². The molecule has 20 heavy (non-hydrogen) atoms. The van der Waals surface area contributed by atoms with Crippen molar-refractivity contribution >= 4 is 17.4 Å². The van der Waals surface area contributed by atoms with Crippen LogP contribution < -0.4 is 10.6 Å². The second kappa shape index (κ2) is 6.14. The van der Waals surface area contributed by atoms with Gasteiger partial charge in [0.2, 0.25) is 0 Å². The largest absolute Gasteiger partial charge is 0.349 e. The molecule has 1 heterocycles. The average Bonchev–Trinajstić information content (AvgIpc) is 2.41. The summed E-state index contributed by atoms with van der Waals surface area (Å²) in [7, 11) is 0. The first-order valence-electron chi connectivity index (χ1n) is 6.52. The Bertz CT molecular complexity index is 610. The highest BCUT2D eigenvalue weighted by Gasteiger charge is 2.10. The summed E-state index contributed by atoms with van der Waals surface area (Å²) in [5.74, 6) is 0.401. The van der Waals surface area contributed by atoms with E-state index in [1.807, 2.05) is 45.0 Å². The number of rotatable bonds is 4. The van der Waals surface area contributed by atoms with Crippen molar-refractivity contribution in [1.29, 1.82) is 0 Å². The zero-order chi connectivity index (χ0) is 14.5. The van der Waals surface area contributed by atoms with Crippen molar-refractivity contribution in [3.63, 3.8) is 0 Å². The van der Waals surface area contributed by atoms with Crippen LogP contribution in [0.15, 0.2) is 36.7 Å². The van der Waals surface area contributed by atoms with E-state index in [0.29, 0.717) is 11.5 Å². The SMILES string of the molecule is Cc1ccccc1Nc1cc(C(=O)NC(C)C)ncn1. The van der Waals surface area contributed by atoms with Crippen molar-refractivity contribution < 1.29 is 4.79 Å². The first kappa shape index (κ1) is 14.0. The Hall–Kier alpha value is -2.43. The third-order valence-corrected chi connectivity index (χ3v) is 2.73. The number of carbonyl (C=O) groups excluding carboxylic acids is 1. The molecule has 0 atom stereocenters. The van der Waals surface area contributed by atoms with E-state index in [1.165, 1.54) is 6.33 Å². The lowest BCUT2D eigenvalue weighted by atomic mass is 10.2. The first-order valence-corrected chi connectivity index (χ1v) is 6.52. The Morgan fingerprint density at radius 3 is 2.65 bits per heavy atom. The molecule has 1 aromatic carbocycles. The van der Waals surface area contributed by atoms with E-state index in [9.17, 15) is 4.79 Å². The van der Waals surface area contributed by atoms with Gasteiger partial charge < -0.3 is 10.6 Å². The summed E-state index contributed by atoms with van der Waals surface area (Å²) in [5.41, 5.74) is 2.42. The van der Waals surface area contributed by atoms with Gasteiger partial charge >= 0.3 is 0 Å². The molecular formula is C15H18N4O. The topological polar surface area (TPSA) is 66.9 Å². The molecule has 5 heteroatoms. The number of aryl methyl sites for hydroxylation is 1. The van der Waals surface area contributed by atoms with E-state index < -0.39 is 0 Å². The lowest BCUT2D eigenvalue weighted by Gasteiger charge is -2.10. The molecule has 0 unspecified atom stereocenters. The number of nitrogens with one attached hydrogen (secondary N) is 2. The van der Waals surface area contributed by atoms with Gasteiger partial charge in [0.15, 0.2) is 0 Å². The van der Waals surface area contributed by atoms with Gasteiger partial charge in [-0.2, -0.15) is 0 Å². The van der Waals surface area contributed by atoms with Crippen LogP contribution in [0.3, 0.4) is 0 Å². The Balaban J connectivity index is 2.18. The summed E-state index contributed by atoms with van der Waals surface area (Å²) in [6.45, 7) is 5.83. The van der Waals surface area contributed by atoms with E-state index in [-0.39, 0.29) is 11.9 Å². The summed E-state index contributed by atoms with van der Waals surface area (Å²) in [5, 5.41) is 5.99. The van der Waals surface area contributed by atoms with Crippen LogP contribution in [-0.4, -0.2) is 21.9 Å². The van der Waals surface area contributed by atoms with Crippen LogP contribution in [0.4, 0.5) is 11.5 Å². The summed E-state index contributed by atoms with van der Waals surface area (Å²) < 4.78 is 0.